The molecule has 4 rings (SSSR count). The average Bonchev–Trinajstić information content (AvgIpc) is 3.48. The van der Waals surface area contributed by atoms with E-state index < -0.39 is 11.5 Å². The lowest BCUT2D eigenvalue weighted by Crippen LogP contribution is -2.43. The molecule has 1 unspecified atom stereocenters. The Balaban J connectivity index is 1.47. The number of amides is 1. The van der Waals surface area contributed by atoms with Crippen molar-refractivity contribution < 1.29 is 14.3 Å². The first kappa shape index (κ1) is 18.1. The second kappa shape index (κ2) is 7.41. The lowest BCUT2D eigenvalue weighted by atomic mass is 9.93. The summed E-state index contributed by atoms with van der Waals surface area (Å²) < 4.78 is 14.3. The largest absolute Gasteiger partial charge is 0.390 e. The maximum atomic E-state index is 14.3. The van der Waals surface area contributed by atoms with Crippen LogP contribution in [-0.2, 0) is 16.8 Å². The number of carbonyl (C=O) groups is 1. The van der Waals surface area contributed by atoms with Gasteiger partial charge in [-0.2, -0.15) is 0 Å². The van der Waals surface area contributed by atoms with E-state index in [2.05, 4.69) is 17.0 Å². The maximum Gasteiger partial charge on any atom is 0.233 e. The molecular formula is C22H25FN2O2. The predicted octanol–water partition coefficient (Wildman–Crippen LogP) is 2.56. The van der Waals surface area contributed by atoms with Crippen LogP contribution in [0.4, 0.5) is 4.39 Å². The lowest BCUT2D eigenvalue weighted by molar-refractivity contribution is -0.135. The zero-order chi connectivity index (χ0) is 18.9. The first-order valence-electron chi connectivity index (χ1n) is 9.57. The fourth-order valence-corrected chi connectivity index (χ4v) is 4.10. The van der Waals surface area contributed by atoms with Crippen LogP contribution in [0, 0.1) is 5.82 Å². The molecule has 1 aliphatic carbocycles. The summed E-state index contributed by atoms with van der Waals surface area (Å²) in [5.74, 6) is -0.363. The van der Waals surface area contributed by atoms with Gasteiger partial charge in [-0.1, -0.05) is 48.5 Å². The Kier molecular flexibility index (Phi) is 4.98. The highest BCUT2D eigenvalue weighted by molar-refractivity contribution is 5.91. The zero-order valence-electron chi connectivity index (χ0n) is 15.4. The van der Waals surface area contributed by atoms with Gasteiger partial charge in [-0.15, -0.1) is 0 Å². The minimum absolute atomic E-state index is 0.0480. The van der Waals surface area contributed by atoms with Crippen LogP contribution in [0.2, 0.25) is 0 Å². The van der Waals surface area contributed by atoms with Crippen molar-refractivity contribution in [3.8, 4) is 0 Å². The van der Waals surface area contributed by atoms with E-state index in [1.807, 2.05) is 18.2 Å². The normalized spacial score (nSPS) is 22.3. The molecule has 2 aromatic rings. The molecule has 1 heterocycles. The van der Waals surface area contributed by atoms with Gasteiger partial charge in [0.2, 0.25) is 5.91 Å². The summed E-state index contributed by atoms with van der Waals surface area (Å²) in [4.78, 5) is 17.1. The van der Waals surface area contributed by atoms with Gasteiger partial charge in [0.05, 0.1) is 11.5 Å². The second-order valence-corrected chi connectivity index (χ2v) is 7.69. The highest BCUT2D eigenvalue weighted by atomic mass is 19.1. The van der Waals surface area contributed by atoms with E-state index in [0.29, 0.717) is 44.6 Å². The average molecular weight is 368 g/mol. The molecule has 1 N–H and O–H groups in total. The molecule has 0 aromatic heterocycles. The first-order chi connectivity index (χ1) is 13.1. The number of benzene rings is 2. The van der Waals surface area contributed by atoms with E-state index in [-0.39, 0.29) is 11.7 Å². The van der Waals surface area contributed by atoms with Crippen molar-refractivity contribution in [1.29, 1.82) is 0 Å². The van der Waals surface area contributed by atoms with Gasteiger partial charge in [-0.25, -0.2) is 4.39 Å². The van der Waals surface area contributed by atoms with Crippen molar-refractivity contribution in [3.05, 3.63) is 71.5 Å². The molecule has 27 heavy (non-hydrogen) atoms. The summed E-state index contributed by atoms with van der Waals surface area (Å²) in [6.45, 7) is 2.84. The highest BCUT2D eigenvalue weighted by Gasteiger charge is 2.54. The second-order valence-electron chi connectivity index (χ2n) is 7.69. The van der Waals surface area contributed by atoms with Crippen LogP contribution < -0.4 is 0 Å². The molecule has 1 saturated heterocycles. The Hall–Kier alpha value is -2.24. The summed E-state index contributed by atoms with van der Waals surface area (Å²) in [5.41, 5.74) is 0.948. The van der Waals surface area contributed by atoms with Gasteiger partial charge in [-0.05, 0) is 24.5 Å². The third kappa shape index (κ3) is 3.75. The minimum Gasteiger partial charge on any atom is -0.390 e. The number of halogens is 1. The molecule has 0 spiro atoms. The van der Waals surface area contributed by atoms with E-state index in [4.69, 9.17) is 0 Å². The van der Waals surface area contributed by atoms with E-state index in [0.717, 1.165) is 6.54 Å². The molecule has 2 fully saturated rings. The van der Waals surface area contributed by atoms with E-state index >= 15 is 0 Å². The Labute approximate surface area is 159 Å². The van der Waals surface area contributed by atoms with Crippen LogP contribution in [0.5, 0.6) is 0 Å². The van der Waals surface area contributed by atoms with Crippen LogP contribution in [0.15, 0.2) is 54.6 Å². The van der Waals surface area contributed by atoms with E-state index in [1.54, 1.807) is 23.1 Å². The number of aliphatic hydroxyl groups excluding tert-OH is 1. The number of hydrogen-bond acceptors (Lipinski definition) is 3. The van der Waals surface area contributed by atoms with Gasteiger partial charge in [0.25, 0.3) is 0 Å². The van der Waals surface area contributed by atoms with Gasteiger partial charge in [0, 0.05) is 38.3 Å². The van der Waals surface area contributed by atoms with Crippen LogP contribution in [0.25, 0.3) is 0 Å². The van der Waals surface area contributed by atoms with Crippen molar-refractivity contribution in [3.63, 3.8) is 0 Å². The molecule has 2 aromatic carbocycles. The van der Waals surface area contributed by atoms with E-state index in [9.17, 15) is 14.3 Å². The topological polar surface area (TPSA) is 43.8 Å². The van der Waals surface area contributed by atoms with Crippen molar-refractivity contribution in [2.24, 2.45) is 0 Å². The molecule has 2 aliphatic rings. The van der Waals surface area contributed by atoms with Gasteiger partial charge in [0.15, 0.2) is 0 Å². The minimum atomic E-state index is -0.736. The number of β-amino-alcohol motifs (C(OH)–C–C–N with tert-alkyl or cyclic N) is 1. The molecule has 1 atom stereocenters. The summed E-state index contributed by atoms with van der Waals surface area (Å²) in [7, 11) is 0. The molecule has 142 valence electrons. The molecule has 1 aliphatic heterocycles. The molecule has 4 nitrogen and oxygen atoms in total. The smallest absolute Gasteiger partial charge is 0.233 e. The maximum absolute atomic E-state index is 14.3. The van der Waals surface area contributed by atoms with Crippen molar-refractivity contribution in [1.82, 2.24) is 9.80 Å². The predicted molar refractivity (Wildman–Crippen MR) is 102 cm³/mol. The standard InChI is InChI=1S/C22H25FN2O2/c23-20-9-5-4-8-19(20)22(10-11-22)21(27)25-13-12-24(15-18(26)16-25)14-17-6-2-1-3-7-17/h1-9,18,26H,10-16H2. The summed E-state index contributed by atoms with van der Waals surface area (Å²) >= 11 is 0. The number of rotatable bonds is 4. The Morgan fingerprint density at radius 2 is 1.74 bits per heavy atom. The molecule has 0 radical (unpaired) electrons. The van der Waals surface area contributed by atoms with Gasteiger partial charge in [0.1, 0.15) is 5.82 Å². The van der Waals surface area contributed by atoms with Crippen LogP contribution in [-0.4, -0.2) is 53.1 Å². The summed E-state index contributed by atoms with van der Waals surface area (Å²) in [6.07, 6.45) is 0.747. The Morgan fingerprint density at radius 1 is 1.04 bits per heavy atom. The number of aliphatic hydroxyl groups is 1. The summed E-state index contributed by atoms with van der Waals surface area (Å²) in [5, 5.41) is 10.5. The number of nitrogens with zero attached hydrogens (tertiary/aromatic N) is 2. The van der Waals surface area contributed by atoms with Gasteiger partial charge < -0.3 is 10.0 Å². The monoisotopic (exact) mass is 368 g/mol. The van der Waals surface area contributed by atoms with Crippen LogP contribution >= 0.6 is 0 Å². The molecule has 5 heteroatoms. The number of carbonyl (C=O) groups excluding carboxylic acids is 1. The van der Waals surface area contributed by atoms with Gasteiger partial charge in [-0.3, -0.25) is 9.69 Å². The number of hydrogen-bond donors (Lipinski definition) is 1. The molecule has 0 bridgehead atoms. The highest BCUT2D eigenvalue weighted by Crippen LogP contribution is 2.50. The molecule has 1 saturated carbocycles. The third-order valence-electron chi connectivity index (χ3n) is 5.67. The quantitative estimate of drug-likeness (QED) is 0.902. The fourth-order valence-electron chi connectivity index (χ4n) is 4.10. The molecule has 1 amide bonds. The van der Waals surface area contributed by atoms with Crippen molar-refractivity contribution >= 4 is 5.91 Å². The molecular weight excluding hydrogens is 343 g/mol. The fraction of sp³-hybridized carbons (Fsp3) is 0.409. The van der Waals surface area contributed by atoms with Crippen LogP contribution in [0.3, 0.4) is 0 Å². The van der Waals surface area contributed by atoms with Crippen molar-refractivity contribution in [2.75, 3.05) is 26.2 Å². The van der Waals surface area contributed by atoms with Crippen molar-refractivity contribution in [2.45, 2.75) is 30.9 Å². The lowest BCUT2D eigenvalue weighted by Gasteiger charge is -2.27. The van der Waals surface area contributed by atoms with Gasteiger partial charge >= 0.3 is 0 Å². The van der Waals surface area contributed by atoms with Crippen LogP contribution in [0.1, 0.15) is 24.0 Å². The first-order valence-corrected chi connectivity index (χ1v) is 9.57. The third-order valence-corrected chi connectivity index (χ3v) is 5.67. The zero-order valence-corrected chi connectivity index (χ0v) is 15.4. The van der Waals surface area contributed by atoms with E-state index in [1.165, 1.54) is 11.6 Å². The Bertz CT molecular complexity index is 807. The summed E-state index contributed by atoms with van der Waals surface area (Å²) in [6, 6.07) is 16.7. The Morgan fingerprint density at radius 3 is 2.44 bits per heavy atom. The SMILES string of the molecule is O=C(N1CCN(Cc2ccccc2)CC(O)C1)C1(c2ccccc2F)CC1.